The Hall–Kier alpha value is -3.55. The molecular weight excluding hydrogens is 336 g/mol. The average Bonchev–Trinajstić information content (AvgIpc) is 3.07. The summed E-state index contributed by atoms with van der Waals surface area (Å²) in [5, 5.41) is 17.4. The van der Waals surface area contributed by atoms with E-state index in [0.29, 0.717) is 29.3 Å². The molecule has 0 aliphatic rings. The number of aromatic nitrogens is 2. The van der Waals surface area contributed by atoms with E-state index in [1.54, 1.807) is 6.92 Å². The molecule has 2 aromatic carbocycles. The topological polar surface area (TPSA) is 111 Å². The van der Waals surface area contributed by atoms with Crippen molar-refractivity contribution >= 4 is 11.6 Å². The third-order valence-electron chi connectivity index (χ3n) is 3.77. The van der Waals surface area contributed by atoms with Crippen LogP contribution in [0.1, 0.15) is 33.2 Å². The number of benzene rings is 2. The maximum Gasteiger partial charge on any atom is 0.272 e. The second kappa shape index (κ2) is 7.56. The first-order valence-electron chi connectivity index (χ1n) is 7.91. The molecule has 1 amide bonds. The fraction of sp³-hybridized carbons (Fsp3) is 0.167. The highest BCUT2D eigenvalue weighted by atomic mass is 16.6. The molecular formula is C18H16N4O4. The zero-order chi connectivity index (χ0) is 18.5. The molecule has 0 unspecified atom stereocenters. The molecule has 132 valence electrons. The first kappa shape index (κ1) is 17.3. The number of aryl methyl sites for hydroxylation is 1. The smallest absolute Gasteiger partial charge is 0.272 e. The summed E-state index contributed by atoms with van der Waals surface area (Å²) in [5.41, 5.74) is 1.79. The van der Waals surface area contributed by atoms with Gasteiger partial charge in [0, 0.05) is 23.6 Å². The molecule has 0 fully saturated rings. The summed E-state index contributed by atoms with van der Waals surface area (Å²) in [7, 11) is 0. The third kappa shape index (κ3) is 4.10. The number of nitro benzene ring substituents is 1. The van der Waals surface area contributed by atoms with Crippen LogP contribution in [-0.4, -0.2) is 21.0 Å². The molecule has 0 aliphatic carbocycles. The molecule has 0 bridgehead atoms. The lowest BCUT2D eigenvalue weighted by Crippen LogP contribution is -2.23. The van der Waals surface area contributed by atoms with Gasteiger partial charge in [0.2, 0.25) is 5.89 Å². The van der Waals surface area contributed by atoms with E-state index < -0.39 is 4.92 Å². The van der Waals surface area contributed by atoms with E-state index in [1.165, 1.54) is 18.2 Å². The number of amides is 1. The predicted octanol–water partition coefficient (Wildman–Crippen LogP) is 2.81. The van der Waals surface area contributed by atoms with Crippen LogP contribution in [0.3, 0.4) is 0 Å². The van der Waals surface area contributed by atoms with Crippen molar-refractivity contribution in [1.82, 2.24) is 15.5 Å². The van der Waals surface area contributed by atoms with Crippen molar-refractivity contribution in [3.8, 4) is 0 Å². The lowest BCUT2D eigenvalue weighted by Gasteiger charge is -2.04. The number of carbonyl (C=O) groups is 1. The van der Waals surface area contributed by atoms with Crippen molar-refractivity contribution in [2.45, 2.75) is 19.9 Å². The molecule has 0 spiro atoms. The van der Waals surface area contributed by atoms with Crippen LogP contribution in [0, 0.1) is 17.0 Å². The average molecular weight is 352 g/mol. The Morgan fingerprint density at radius 3 is 2.69 bits per heavy atom. The molecule has 1 heterocycles. The van der Waals surface area contributed by atoms with Crippen molar-refractivity contribution in [3.63, 3.8) is 0 Å². The van der Waals surface area contributed by atoms with E-state index in [2.05, 4.69) is 15.5 Å². The van der Waals surface area contributed by atoms with Gasteiger partial charge in [-0.2, -0.15) is 4.98 Å². The summed E-state index contributed by atoms with van der Waals surface area (Å²) in [6.07, 6.45) is 0.542. The second-order valence-corrected chi connectivity index (χ2v) is 5.71. The maximum atomic E-state index is 12.2. The highest BCUT2D eigenvalue weighted by Gasteiger charge is 2.14. The van der Waals surface area contributed by atoms with Crippen LogP contribution < -0.4 is 5.32 Å². The molecule has 8 nitrogen and oxygen atoms in total. The van der Waals surface area contributed by atoms with E-state index in [1.807, 2.05) is 30.3 Å². The van der Waals surface area contributed by atoms with E-state index in [-0.39, 0.29) is 18.1 Å². The number of nitrogens with one attached hydrogen (secondary N) is 1. The number of hydrogen-bond acceptors (Lipinski definition) is 6. The summed E-state index contributed by atoms with van der Waals surface area (Å²) in [6, 6.07) is 13.9. The van der Waals surface area contributed by atoms with Crippen molar-refractivity contribution in [1.29, 1.82) is 0 Å². The lowest BCUT2D eigenvalue weighted by atomic mass is 10.1. The normalized spacial score (nSPS) is 10.5. The number of nitrogens with zero attached hydrogens (tertiary/aromatic N) is 3. The zero-order valence-corrected chi connectivity index (χ0v) is 14.0. The summed E-state index contributed by atoms with van der Waals surface area (Å²) < 4.78 is 5.13. The summed E-state index contributed by atoms with van der Waals surface area (Å²) in [6.45, 7) is 1.67. The summed E-state index contributed by atoms with van der Waals surface area (Å²) >= 11 is 0. The van der Waals surface area contributed by atoms with Gasteiger partial charge in [-0.3, -0.25) is 14.9 Å². The van der Waals surface area contributed by atoms with Gasteiger partial charge in [0.05, 0.1) is 11.5 Å². The molecule has 8 heteroatoms. The van der Waals surface area contributed by atoms with Crippen LogP contribution in [0.5, 0.6) is 0 Å². The van der Waals surface area contributed by atoms with Gasteiger partial charge in [-0.1, -0.05) is 35.5 Å². The van der Waals surface area contributed by atoms with Gasteiger partial charge in [0.15, 0.2) is 5.82 Å². The number of nitro groups is 1. The van der Waals surface area contributed by atoms with Crippen LogP contribution >= 0.6 is 0 Å². The van der Waals surface area contributed by atoms with Gasteiger partial charge in [-0.15, -0.1) is 0 Å². The van der Waals surface area contributed by atoms with Gasteiger partial charge in [-0.25, -0.2) is 0 Å². The number of carbonyl (C=O) groups excluding carboxylic acids is 1. The Balaban J connectivity index is 1.60. The molecule has 0 saturated heterocycles. The Morgan fingerprint density at radius 2 is 2.00 bits per heavy atom. The molecule has 0 atom stereocenters. The summed E-state index contributed by atoms with van der Waals surface area (Å²) in [4.78, 5) is 26.8. The van der Waals surface area contributed by atoms with Crippen molar-refractivity contribution in [2.24, 2.45) is 0 Å². The van der Waals surface area contributed by atoms with Gasteiger partial charge < -0.3 is 9.84 Å². The predicted molar refractivity (Wildman–Crippen MR) is 92.5 cm³/mol. The molecule has 0 radical (unpaired) electrons. The minimum atomic E-state index is -0.482. The molecule has 3 aromatic rings. The Morgan fingerprint density at radius 1 is 1.23 bits per heavy atom. The fourth-order valence-corrected chi connectivity index (χ4v) is 2.47. The van der Waals surface area contributed by atoms with Crippen LogP contribution in [0.2, 0.25) is 0 Å². The first-order chi connectivity index (χ1) is 12.5. The second-order valence-electron chi connectivity index (χ2n) is 5.71. The molecule has 1 aromatic heterocycles. The van der Waals surface area contributed by atoms with E-state index in [0.717, 1.165) is 5.56 Å². The van der Waals surface area contributed by atoms with Crippen LogP contribution in [0.25, 0.3) is 0 Å². The standard InChI is InChI=1S/C18H16N4O4/c1-12-9-14(7-8-15(12)22(24)25)18(23)19-11-17-20-16(21-26-17)10-13-5-3-2-4-6-13/h2-9H,10-11H2,1H3,(H,19,23). The van der Waals surface area contributed by atoms with Gasteiger partial charge >= 0.3 is 0 Å². The Bertz CT molecular complexity index is 937. The van der Waals surface area contributed by atoms with Crippen LogP contribution in [0.4, 0.5) is 5.69 Å². The Labute approximate surface area is 149 Å². The van der Waals surface area contributed by atoms with Crippen LogP contribution in [-0.2, 0) is 13.0 Å². The summed E-state index contributed by atoms with van der Waals surface area (Å²) in [5.74, 6) is 0.459. The number of rotatable bonds is 6. The molecule has 0 aliphatic heterocycles. The molecule has 26 heavy (non-hydrogen) atoms. The maximum absolute atomic E-state index is 12.2. The van der Waals surface area contributed by atoms with Crippen molar-refractivity contribution in [2.75, 3.05) is 0 Å². The van der Waals surface area contributed by atoms with Gasteiger partial charge in [-0.05, 0) is 24.6 Å². The molecule has 1 N–H and O–H groups in total. The van der Waals surface area contributed by atoms with Crippen molar-refractivity contribution in [3.05, 3.63) is 87.1 Å². The van der Waals surface area contributed by atoms with Crippen LogP contribution in [0.15, 0.2) is 53.1 Å². The van der Waals surface area contributed by atoms with Gasteiger partial charge in [0.1, 0.15) is 0 Å². The molecule has 3 rings (SSSR count). The van der Waals surface area contributed by atoms with Gasteiger partial charge in [0.25, 0.3) is 11.6 Å². The molecule has 0 saturated carbocycles. The van der Waals surface area contributed by atoms with E-state index in [4.69, 9.17) is 4.52 Å². The monoisotopic (exact) mass is 352 g/mol. The third-order valence-corrected chi connectivity index (χ3v) is 3.77. The van der Waals surface area contributed by atoms with Crippen molar-refractivity contribution < 1.29 is 14.2 Å². The fourth-order valence-electron chi connectivity index (χ4n) is 2.47. The first-order valence-corrected chi connectivity index (χ1v) is 7.91. The lowest BCUT2D eigenvalue weighted by molar-refractivity contribution is -0.385. The van der Waals surface area contributed by atoms with E-state index >= 15 is 0 Å². The highest BCUT2D eigenvalue weighted by Crippen LogP contribution is 2.18. The van der Waals surface area contributed by atoms with E-state index in [9.17, 15) is 14.9 Å². The largest absolute Gasteiger partial charge is 0.343 e. The zero-order valence-electron chi connectivity index (χ0n) is 14.0. The SMILES string of the molecule is Cc1cc(C(=O)NCc2nc(Cc3ccccc3)no2)ccc1[N+](=O)[O-]. The number of hydrogen-bond donors (Lipinski definition) is 1. The minimum Gasteiger partial charge on any atom is -0.343 e. The Kier molecular flexibility index (Phi) is 5.02. The minimum absolute atomic E-state index is 0.0241. The quantitative estimate of drug-likeness (QED) is 0.539. The highest BCUT2D eigenvalue weighted by molar-refractivity contribution is 5.94.